The Morgan fingerprint density at radius 1 is 1.38 bits per heavy atom. The molecule has 1 rings (SSSR count). The Bertz CT molecular complexity index is 248. The number of carbonyl (C=O) groups excluding carboxylic acids is 2. The highest BCUT2D eigenvalue weighted by Gasteiger charge is 2.23. The Labute approximate surface area is 95.5 Å². The lowest BCUT2D eigenvalue weighted by atomic mass is 9.98. The van der Waals surface area contributed by atoms with Crippen LogP contribution in [-0.2, 0) is 19.1 Å². The molecule has 1 N–H and O–H groups in total. The van der Waals surface area contributed by atoms with Gasteiger partial charge in [-0.25, -0.2) is 0 Å². The molecule has 0 aromatic rings. The Morgan fingerprint density at radius 3 is 2.56 bits per heavy atom. The number of nitrogens with one attached hydrogen (secondary N) is 1. The van der Waals surface area contributed by atoms with Gasteiger partial charge in [0.2, 0.25) is 0 Å². The van der Waals surface area contributed by atoms with Crippen LogP contribution in [0.25, 0.3) is 0 Å². The molecule has 5 heteroatoms. The van der Waals surface area contributed by atoms with Crippen LogP contribution in [0.1, 0.15) is 26.7 Å². The summed E-state index contributed by atoms with van der Waals surface area (Å²) in [6.07, 6.45) is 1.27. The van der Waals surface area contributed by atoms with Gasteiger partial charge in [-0.1, -0.05) is 0 Å². The van der Waals surface area contributed by atoms with Gasteiger partial charge < -0.3 is 14.8 Å². The van der Waals surface area contributed by atoms with E-state index in [2.05, 4.69) is 5.32 Å². The zero-order chi connectivity index (χ0) is 12.0. The number of piperidine rings is 1. The largest absolute Gasteiger partial charge is 0.462 e. The summed E-state index contributed by atoms with van der Waals surface area (Å²) in [5, 5.41) is 3.19. The first-order valence-corrected chi connectivity index (χ1v) is 5.64. The highest BCUT2D eigenvalue weighted by Crippen LogP contribution is 2.14. The van der Waals surface area contributed by atoms with Crippen molar-refractivity contribution in [2.45, 2.75) is 32.8 Å². The van der Waals surface area contributed by atoms with Gasteiger partial charge in [-0.3, -0.25) is 9.59 Å². The van der Waals surface area contributed by atoms with Crippen molar-refractivity contribution in [3.05, 3.63) is 0 Å². The van der Waals surface area contributed by atoms with Crippen LogP contribution in [0.4, 0.5) is 0 Å². The molecule has 1 aliphatic rings. The molecule has 0 aromatic carbocycles. The second kappa shape index (κ2) is 6.48. The summed E-state index contributed by atoms with van der Waals surface area (Å²) in [4.78, 5) is 22.2. The maximum absolute atomic E-state index is 11.7. The third-order valence-electron chi connectivity index (χ3n) is 2.51. The molecular formula is C11H19NO4. The molecule has 0 amide bonds. The maximum Gasteiger partial charge on any atom is 0.309 e. The van der Waals surface area contributed by atoms with Crippen LogP contribution in [0.2, 0.25) is 0 Å². The highest BCUT2D eigenvalue weighted by atomic mass is 16.6. The summed E-state index contributed by atoms with van der Waals surface area (Å²) in [6, 6.07) is 0. The second-order valence-electron chi connectivity index (χ2n) is 4.07. The van der Waals surface area contributed by atoms with Crippen LogP contribution >= 0.6 is 0 Å². The Balaban J connectivity index is 2.23. The standard InChI is InChI=1S/C11H19NO4/c1-8(7-15-9(2)13)16-11(14)10-3-5-12-6-4-10/h8,10,12H,3-7H2,1-2H3. The minimum atomic E-state index is -0.369. The molecule has 0 radical (unpaired) electrons. The predicted molar refractivity (Wildman–Crippen MR) is 57.8 cm³/mol. The van der Waals surface area contributed by atoms with Gasteiger partial charge >= 0.3 is 11.9 Å². The van der Waals surface area contributed by atoms with Gasteiger partial charge in [0.1, 0.15) is 12.7 Å². The first-order chi connectivity index (χ1) is 7.59. The van der Waals surface area contributed by atoms with Gasteiger partial charge in [0.05, 0.1) is 5.92 Å². The van der Waals surface area contributed by atoms with E-state index in [1.54, 1.807) is 6.92 Å². The number of hydrogen-bond donors (Lipinski definition) is 1. The molecule has 16 heavy (non-hydrogen) atoms. The molecule has 0 saturated carbocycles. The van der Waals surface area contributed by atoms with E-state index in [9.17, 15) is 9.59 Å². The smallest absolute Gasteiger partial charge is 0.309 e. The van der Waals surface area contributed by atoms with E-state index in [0.717, 1.165) is 25.9 Å². The van der Waals surface area contributed by atoms with Gasteiger partial charge in [0.15, 0.2) is 0 Å². The number of hydrogen-bond acceptors (Lipinski definition) is 5. The molecule has 0 spiro atoms. The second-order valence-corrected chi connectivity index (χ2v) is 4.07. The van der Waals surface area contributed by atoms with Crippen LogP contribution in [0.5, 0.6) is 0 Å². The minimum Gasteiger partial charge on any atom is -0.462 e. The van der Waals surface area contributed by atoms with Crippen molar-refractivity contribution in [1.29, 1.82) is 0 Å². The summed E-state index contributed by atoms with van der Waals surface area (Å²) in [6.45, 7) is 4.91. The van der Waals surface area contributed by atoms with E-state index in [0.29, 0.717) is 0 Å². The van der Waals surface area contributed by atoms with Gasteiger partial charge in [-0.05, 0) is 32.9 Å². The molecule has 92 valence electrons. The molecule has 1 aliphatic heterocycles. The molecule has 0 aromatic heterocycles. The van der Waals surface area contributed by atoms with Crippen molar-refractivity contribution < 1.29 is 19.1 Å². The first kappa shape index (κ1) is 13.0. The van der Waals surface area contributed by atoms with Crippen LogP contribution in [0.3, 0.4) is 0 Å². The summed E-state index contributed by atoms with van der Waals surface area (Å²) in [5.41, 5.74) is 0. The van der Waals surface area contributed by atoms with E-state index in [4.69, 9.17) is 9.47 Å². The minimum absolute atomic E-state index is 0.0129. The number of rotatable bonds is 4. The van der Waals surface area contributed by atoms with E-state index in [-0.39, 0.29) is 30.6 Å². The lowest BCUT2D eigenvalue weighted by molar-refractivity contribution is -0.161. The fraction of sp³-hybridized carbons (Fsp3) is 0.818. The van der Waals surface area contributed by atoms with Gasteiger partial charge in [-0.2, -0.15) is 0 Å². The topological polar surface area (TPSA) is 64.6 Å². The molecule has 1 atom stereocenters. The lowest BCUT2D eigenvalue weighted by Crippen LogP contribution is -2.34. The Morgan fingerprint density at radius 2 is 2.00 bits per heavy atom. The van der Waals surface area contributed by atoms with E-state index >= 15 is 0 Å². The van der Waals surface area contributed by atoms with Crippen LogP contribution in [0.15, 0.2) is 0 Å². The molecular weight excluding hydrogens is 210 g/mol. The van der Waals surface area contributed by atoms with Crippen molar-refractivity contribution in [2.75, 3.05) is 19.7 Å². The lowest BCUT2D eigenvalue weighted by Gasteiger charge is -2.22. The molecule has 0 bridgehead atoms. The average Bonchev–Trinajstić information content (AvgIpc) is 2.27. The highest BCUT2D eigenvalue weighted by molar-refractivity contribution is 5.72. The van der Waals surface area contributed by atoms with Crippen LogP contribution in [0, 0.1) is 5.92 Å². The molecule has 1 unspecified atom stereocenters. The fourth-order valence-corrected chi connectivity index (χ4v) is 1.62. The molecule has 0 aliphatic carbocycles. The van der Waals surface area contributed by atoms with Crippen molar-refractivity contribution in [3.8, 4) is 0 Å². The fourth-order valence-electron chi connectivity index (χ4n) is 1.62. The predicted octanol–water partition coefficient (Wildman–Crippen LogP) is 0.481. The van der Waals surface area contributed by atoms with Crippen molar-refractivity contribution in [2.24, 2.45) is 5.92 Å². The summed E-state index contributed by atoms with van der Waals surface area (Å²) in [7, 11) is 0. The van der Waals surface area contributed by atoms with E-state index in [1.165, 1.54) is 6.92 Å². The zero-order valence-corrected chi connectivity index (χ0v) is 9.82. The normalized spacial score (nSPS) is 18.9. The molecule has 1 saturated heterocycles. The van der Waals surface area contributed by atoms with Gasteiger partial charge in [-0.15, -0.1) is 0 Å². The molecule has 1 fully saturated rings. The van der Waals surface area contributed by atoms with Crippen LogP contribution in [-0.4, -0.2) is 37.7 Å². The molecule has 5 nitrogen and oxygen atoms in total. The van der Waals surface area contributed by atoms with Gasteiger partial charge in [0.25, 0.3) is 0 Å². The quantitative estimate of drug-likeness (QED) is 0.710. The summed E-state index contributed by atoms with van der Waals surface area (Å²) >= 11 is 0. The Kier molecular flexibility index (Phi) is 5.25. The Hall–Kier alpha value is -1.10. The van der Waals surface area contributed by atoms with Gasteiger partial charge in [0, 0.05) is 6.92 Å². The number of esters is 2. The monoisotopic (exact) mass is 229 g/mol. The average molecular weight is 229 g/mol. The number of carbonyl (C=O) groups is 2. The molecule has 1 heterocycles. The van der Waals surface area contributed by atoms with E-state index in [1.807, 2.05) is 0 Å². The third kappa shape index (κ3) is 4.61. The SMILES string of the molecule is CC(=O)OCC(C)OC(=O)C1CCNCC1. The zero-order valence-electron chi connectivity index (χ0n) is 9.82. The third-order valence-corrected chi connectivity index (χ3v) is 2.51. The van der Waals surface area contributed by atoms with E-state index < -0.39 is 0 Å². The maximum atomic E-state index is 11.7. The summed E-state index contributed by atoms with van der Waals surface area (Å²) in [5.74, 6) is -0.549. The van der Waals surface area contributed by atoms with Crippen molar-refractivity contribution >= 4 is 11.9 Å². The number of ether oxygens (including phenoxy) is 2. The first-order valence-electron chi connectivity index (χ1n) is 5.64. The van der Waals surface area contributed by atoms with Crippen molar-refractivity contribution in [1.82, 2.24) is 5.32 Å². The van der Waals surface area contributed by atoms with Crippen LogP contribution < -0.4 is 5.32 Å². The summed E-state index contributed by atoms with van der Waals surface area (Å²) < 4.78 is 9.96. The van der Waals surface area contributed by atoms with Crippen molar-refractivity contribution in [3.63, 3.8) is 0 Å².